The fourth-order valence-electron chi connectivity index (χ4n) is 1.06. The summed E-state index contributed by atoms with van der Waals surface area (Å²) in [5.41, 5.74) is -0.442. The summed E-state index contributed by atoms with van der Waals surface area (Å²) >= 11 is 5.51. The van der Waals surface area contributed by atoms with Crippen molar-refractivity contribution in [1.29, 1.82) is 0 Å². The number of rotatable bonds is 2. The molecule has 0 aromatic heterocycles. The van der Waals surface area contributed by atoms with E-state index in [2.05, 4.69) is 0 Å². The minimum Gasteiger partial charge on any atom is -0.478 e. The topological polar surface area (TPSA) is 37.3 Å². The molecule has 82 valence electrons. The molecule has 0 amide bonds. The van der Waals surface area contributed by atoms with Crippen molar-refractivity contribution in [1.82, 2.24) is 0 Å². The summed E-state index contributed by atoms with van der Waals surface area (Å²) in [4.78, 5) is 10.5. The number of halogens is 4. The second-order valence-corrected chi connectivity index (χ2v) is 3.31. The highest BCUT2D eigenvalue weighted by Crippen LogP contribution is 2.26. The van der Waals surface area contributed by atoms with E-state index in [1.54, 1.807) is 0 Å². The predicted octanol–water partition coefficient (Wildman–Crippen LogP) is 3.14. The van der Waals surface area contributed by atoms with Crippen molar-refractivity contribution < 1.29 is 23.1 Å². The second-order valence-electron chi connectivity index (χ2n) is 2.90. The third kappa shape index (κ3) is 3.43. The molecule has 0 aliphatic heterocycles. The average molecular weight is 239 g/mol. The zero-order valence-electron chi connectivity index (χ0n) is 7.31. The Morgan fingerprint density at radius 1 is 1.40 bits per heavy atom. The highest BCUT2D eigenvalue weighted by molar-refractivity contribution is 6.31. The van der Waals surface area contributed by atoms with Crippen LogP contribution in [0.25, 0.3) is 0 Å². The molecule has 6 heteroatoms. The Balaban J connectivity index is 3.06. The highest BCUT2D eigenvalue weighted by Gasteiger charge is 2.29. The van der Waals surface area contributed by atoms with Gasteiger partial charge >= 0.3 is 12.1 Å². The largest absolute Gasteiger partial charge is 0.478 e. The smallest absolute Gasteiger partial charge is 0.393 e. The van der Waals surface area contributed by atoms with Crippen LogP contribution >= 0.6 is 11.6 Å². The molecule has 0 bridgehead atoms. The van der Waals surface area contributed by atoms with Crippen LogP contribution in [0.3, 0.4) is 0 Å². The van der Waals surface area contributed by atoms with Gasteiger partial charge in [0, 0.05) is 5.02 Å². The lowest BCUT2D eigenvalue weighted by Crippen LogP contribution is -2.12. The van der Waals surface area contributed by atoms with E-state index in [-0.39, 0.29) is 16.1 Å². The lowest BCUT2D eigenvalue weighted by Gasteiger charge is -2.08. The van der Waals surface area contributed by atoms with Crippen molar-refractivity contribution in [2.45, 2.75) is 12.6 Å². The highest BCUT2D eigenvalue weighted by atomic mass is 35.5. The van der Waals surface area contributed by atoms with Crippen LogP contribution < -0.4 is 0 Å². The Kier molecular flexibility index (Phi) is 3.24. The molecule has 0 aliphatic rings. The van der Waals surface area contributed by atoms with Crippen LogP contribution in [0, 0.1) is 0 Å². The monoisotopic (exact) mass is 238 g/mol. The van der Waals surface area contributed by atoms with E-state index in [4.69, 9.17) is 16.7 Å². The number of hydrogen-bond acceptors (Lipinski definition) is 1. The first-order valence-corrected chi connectivity index (χ1v) is 4.26. The van der Waals surface area contributed by atoms with Gasteiger partial charge in [-0.1, -0.05) is 11.6 Å². The maximum atomic E-state index is 12.0. The van der Waals surface area contributed by atoms with Crippen LogP contribution in [-0.2, 0) is 6.42 Å². The number of carboxylic acids is 1. The summed E-state index contributed by atoms with van der Waals surface area (Å²) in [5, 5.41) is 8.49. The summed E-state index contributed by atoms with van der Waals surface area (Å²) in [6.07, 6.45) is -5.63. The first-order valence-electron chi connectivity index (χ1n) is 3.88. The van der Waals surface area contributed by atoms with Crippen molar-refractivity contribution in [2.24, 2.45) is 0 Å². The van der Waals surface area contributed by atoms with Gasteiger partial charge in [-0.15, -0.1) is 0 Å². The molecule has 15 heavy (non-hydrogen) atoms. The third-order valence-corrected chi connectivity index (χ3v) is 2.05. The van der Waals surface area contributed by atoms with Crippen molar-refractivity contribution in [2.75, 3.05) is 0 Å². The second kappa shape index (κ2) is 4.10. The number of benzene rings is 1. The van der Waals surface area contributed by atoms with Gasteiger partial charge in [0.25, 0.3) is 0 Å². The Hall–Kier alpha value is -1.23. The zero-order chi connectivity index (χ0) is 11.6. The van der Waals surface area contributed by atoms with Gasteiger partial charge in [-0.25, -0.2) is 4.79 Å². The van der Waals surface area contributed by atoms with Crippen molar-refractivity contribution >= 4 is 17.6 Å². The van der Waals surface area contributed by atoms with E-state index < -0.39 is 18.6 Å². The molecule has 0 saturated carbocycles. The summed E-state index contributed by atoms with van der Waals surface area (Å²) in [6.45, 7) is 0. The maximum Gasteiger partial charge on any atom is 0.393 e. The first kappa shape index (κ1) is 11.8. The minimum absolute atomic E-state index is 0.0858. The number of carboxylic acid groups (broad SMARTS) is 1. The van der Waals surface area contributed by atoms with Crippen LogP contribution in [0.1, 0.15) is 15.9 Å². The van der Waals surface area contributed by atoms with Crippen molar-refractivity contribution in [3.63, 3.8) is 0 Å². The Morgan fingerprint density at radius 2 is 2.00 bits per heavy atom. The molecule has 0 saturated heterocycles. The van der Waals surface area contributed by atoms with E-state index in [1.807, 2.05) is 0 Å². The minimum atomic E-state index is -4.40. The molecule has 2 nitrogen and oxygen atoms in total. The number of alkyl halides is 3. The van der Waals surface area contributed by atoms with Crippen molar-refractivity contribution in [3.05, 3.63) is 34.3 Å². The van der Waals surface area contributed by atoms with Crippen LogP contribution in [0.4, 0.5) is 13.2 Å². The fraction of sp³-hybridized carbons (Fsp3) is 0.222. The molecular formula is C9H6ClF3O2. The molecule has 1 aromatic carbocycles. The Morgan fingerprint density at radius 3 is 2.47 bits per heavy atom. The molecule has 1 N–H and O–H groups in total. The van der Waals surface area contributed by atoms with E-state index in [9.17, 15) is 18.0 Å². The quantitative estimate of drug-likeness (QED) is 0.859. The van der Waals surface area contributed by atoms with Gasteiger partial charge in [-0.3, -0.25) is 0 Å². The fourth-order valence-corrected chi connectivity index (χ4v) is 1.24. The molecule has 0 atom stereocenters. The SMILES string of the molecule is O=C(O)c1ccc(Cl)c(CC(F)(F)F)c1. The standard InChI is InChI=1S/C9H6ClF3O2/c10-7-2-1-5(8(14)15)3-6(7)4-9(11,12)13/h1-3H,4H2,(H,14,15). The third-order valence-electron chi connectivity index (χ3n) is 1.68. The molecule has 0 heterocycles. The normalized spacial score (nSPS) is 11.5. The lowest BCUT2D eigenvalue weighted by molar-refractivity contribution is -0.127. The van der Waals surface area contributed by atoms with E-state index in [0.29, 0.717) is 0 Å². The van der Waals surface area contributed by atoms with Crippen LogP contribution in [0.15, 0.2) is 18.2 Å². The molecule has 0 spiro atoms. The predicted molar refractivity (Wildman–Crippen MR) is 48.2 cm³/mol. The average Bonchev–Trinajstić information content (AvgIpc) is 2.06. The number of carbonyl (C=O) groups is 1. The number of aromatic carboxylic acids is 1. The Labute approximate surface area is 88.3 Å². The van der Waals surface area contributed by atoms with Gasteiger partial charge in [0.05, 0.1) is 12.0 Å². The van der Waals surface area contributed by atoms with Crippen LogP contribution in [0.2, 0.25) is 5.02 Å². The van der Waals surface area contributed by atoms with Gasteiger partial charge in [0.1, 0.15) is 0 Å². The molecule has 0 fully saturated rings. The molecule has 0 radical (unpaired) electrons. The van der Waals surface area contributed by atoms with E-state index >= 15 is 0 Å². The van der Waals surface area contributed by atoms with Gasteiger partial charge in [0.2, 0.25) is 0 Å². The maximum absolute atomic E-state index is 12.0. The van der Waals surface area contributed by atoms with Crippen molar-refractivity contribution in [3.8, 4) is 0 Å². The lowest BCUT2D eigenvalue weighted by atomic mass is 10.1. The first-order chi connectivity index (χ1) is 6.79. The summed E-state index contributed by atoms with van der Waals surface area (Å²) in [7, 11) is 0. The van der Waals surface area contributed by atoms with Gasteiger partial charge in [-0.05, 0) is 23.8 Å². The zero-order valence-corrected chi connectivity index (χ0v) is 8.06. The molecule has 1 aromatic rings. The summed E-state index contributed by atoms with van der Waals surface area (Å²) < 4.78 is 36.1. The molecule has 0 unspecified atom stereocenters. The van der Waals surface area contributed by atoms with Gasteiger partial charge in [-0.2, -0.15) is 13.2 Å². The molecule has 1 rings (SSSR count). The van der Waals surface area contributed by atoms with Gasteiger partial charge < -0.3 is 5.11 Å². The van der Waals surface area contributed by atoms with E-state index in [0.717, 1.165) is 18.2 Å². The summed E-state index contributed by atoms with van der Waals surface area (Å²) in [5.74, 6) is -1.28. The summed E-state index contributed by atoms with van der Waals surface area (Å²) in [6, 6.07) is 3.23. The van der Waals surface area contributed by atoms with Crippen LogP contribution in [0.5, 0.6) is 0 Å². The van der Waals surface area contributed by atoms with Gasteiger partial charge in [0.15, 0.2) is 0 Å². The van der Waals surface area contributed by atoms with Crippen LogP contribution in [-0.4, -0.2) is 17.3 Å². The van der Waals surface area contributed by atoms with E-state index in [1.165, 1.54) is 0 Å². The molecule has 0 aliphatic carbocycles. The molecular weight excluding hydrogens is 233 g/mol. The number of hydrogen-bond donors (Lipinski definition) is 1. The Bertz CT molecular complexity index is 387.